The van der Waals surface area contributed by atoms with Gasteiger partial charge in [0.15, 0.2) is 21.3 Å². The van der Waals surface area contributed by atoms with Gasteiger partial charge in [0.05, 0.1) is 0 Å². The normalized spacial score (nSPS) is 26.4. The fraction of sp³-hybridized carbons (Fsp3) is 0.556. The zero-order valence-electron chi connectivity index (χ0n) is 15.6. The zero-order chi connectivity index (χ0) is 20.0. The van der Waals surface area contributed by atoms with Crippen molar-refractivity contribution in [1.82, 2.24) is 5.32 Å². The van der Waals surface area contributed by atoms with Crippen LogP contribution in [0.4, 0.5) is 4.79 Å². The molecule has 1 fully saturated rings. The summed E-state index contributed by atoms with van der Waals surface area (Å²) in [5.41, 5.74) is -1.79. The molecule has 2 aliphatic rings. The second-order valence-corrected chi connectivity index (χ2v) is 10.1. The molecule has 1 N–H and O–H groups in total. The highest BCUT2D eigenvalue weighted by molar-refractivity contribution is 7.92. The molecule has 27 heavy (non-hydrogen) atoms. The number of hydrogen-bond acceptors (Lipinski definition) is 7. The molecule has 1 aliphatic carbocycles. The molecule has 0 spiro atoms. The molecule has 3 atom stereocenters. The number of nitrogens with one attached hydrogen (secondary N) is 1. The molecule has 3 rings (SSSR count). The molecule has 0 bridgehead atoms. The number of ether oxygens (including phenoxy) is 3. The molecule has 148 valence electrons. The first-order chi connectivity index (χ1) is 12.5. The monoisotopic (exact) mass is 397 g/mol. The zero-order valence-corrected chi connectivity index (χ0v) is 16.5. The highest BCUT2D eigenvalue weighted by Gasteiger charge is 2.72. The summed E-state index contributed by atoms with van der Waals surface area (Å²) in [6.07, 6.45) is -0.349. The van der Waals surface area contributed by atoms with E-state index in [0.29, 0.717) is 23.3 Å². The second kappa shape index (κ2) is 6.40. The average molecular weight is 397 g/mol. The summed E-state index contributed by atoms with van der Waals surface area (Å²) in [6.45, 7) is 6.64. The summed E-state index contributed by atoms with van der Waals surface area (Å²) in [6, 6.07) is 4.99. The number of carbonyl (C=O) groups is 2. The maximum Gasteiger partial charge on any atom is 0.408 e. The van der Waals surface area contributed by atoms with Gasteiger partial charge in [-0.3, -0.25) is 0 Å². The van der Waals surface area contributed by atoms with E-state index in [9.17, 15) is 18.0 Å². The Bertz CT molecular complexity index is 874. The van der Waals surface area contributed by atoms with Gasteiger partial charge in [-0.25, -0.2) is 13.2 Å². The van der Waals surface area contributed by atoms with Gasteiger partial charge in [-0.1, -0.05) is 13.0 Å². The fourth-order valence-corrected chi connectivity index (χ4v) is 5.35. The van der Waals surface area contributed by atoms with E-state index in [1.165, 1.54) is 6.92 Å². The molecule has 0 saturated heterocycles. The lowest BCUT2D eigenvalue weighted by Crippen LogP contribution is -2.45. The predicted octanol–water partition coefficient (Wildman–Crippen LogP) is 1.78. The fourth-order valence-electron chi connectivity index (χ4n) is 3.41. The SMILES string of the molecule is CCS(=O)(=O)[C@H]1[C@@H](c2ccc3c(c2)OCO3)[C@@]1(C=O)NC(=O)OC(C)(C)C. The maximum absolute atomic E-state index is 12.6. The van der Waals surface area contributed by atoms with Crippen molar-refractivity contribution in [2.24, 2.45) is 0 Å². The molecule has 1 aromatic carbocycles. The molecule has 1 amide bonds. The Morgan fingerprint density at radius 3 is 2.59 bits per heavy atom. The Balaban J connectivity index is 1.97. The summed E-state index contributed by atoms with van der Waals surface area (Å²) in [4.78, 5) is 24.3. The van der Waals surface area contributed by atoms with Crippen molar-refractivity contribution in [3.05, 3.63) is 23.8 Å². The van der Waals surface area contributed by atoms with E-state index < -0.39 is 38.2 Å². The van der Waals surface area contributed by atoms with E-state index in [0.717, 1.165) is 0 Å². The molecular formula is C18H23NO7S. The summed E-state index contributed by atoms with van der Waals surface area (Å²) in [5.74, 6) is 0.141. The minimum absolute atomic E-state index is 0.0785. The van der Waals surface area contributed by atoms with Crippen molar-refractivity contribution < 1.29 is 32.2 Å². The van der Waals surface area contributed by atoms with E-state index in [4.69, 9.17) is 14.2 Å². The van der Waals surface area contributed by atoms with Gasteiger partial charge in [-0.2, -0.15) is 0 Å². The number of rotatable bonds is 5. The minimum Gasteiger partial charge on any atom is -0.454 e. The van der Waals surface area contributed by atoms with Crippen LogP contribution in [0.3, 0.4) is 0 Å². The predicted molar refractivity (Wildman–Crippen MR) is 96.7 cm³/mol. The highest BCUT2D eigenvalue weighted by Crippen LogP contribution is 2.56. The minimum atomic E-state index is -3.62. The van der Waals surface area contributed by atoms with Crippen molar-refractivity contribution >= 4 is 22.2 Å². The third-order valence-corrected chi connectivity index (χ3v) is 6.88. The van der Waals surface area contributed by atoms with E-state index >= 15 is 0 Å². The molecule has 1 aliphatic heterocycles. The molecule has 1 saturated carbocycles. The van der Waals surface area contributed by atoms with E-state index in [-0.39, 0.29) is 12.5 Å². The van der Waals surface area contributed by atoms with Crippen molar-refractivity contribution in [1.29, 1.82) is 0 Å². The second-order valence-electron chi connectivity index (χ2n) is 7.64. The highest BCUT2D eigenvalue weighted by atomic mass is 32.2. The van der Waals surface area contributed by atoms with Gasteiger partial charge in [0.2, 0.25) is 6.79 Å². The Kier molecular flexibility index (Phi) is 4.62. The maximum atomic E-state index is 12.6. The van der Waals surface area contributed by atoms with Crippen LogP contribution >= 0.6 is 0 Å². The Hall–Kier alpha value is -2.29. The first-order valence-electron chi connectivity index (χ1n) is 8.62. The van der Waals surface area contributed by atoms with Crippen LogP contribution in [0.15, 0.2) is 18.2 Å². The summed E-state index contributed by atoms with van der Waals surface area (Å²) < 4.78 is 41.1. The van der Waals surface area contributed by atoms with Gasteiger partial charge >= 0.3 is 6.09 Å². The number of amides is 1. The number of aldehydes is 1. The molecule has 8 nitrogen and oxygen atoms in total. The molecule has 9 heteroatoms. The van der Waals surface area contributed by atoms with Crippen LogP contribution in [0.25, 0.3) is 0 Å². The van der Waals surface area contributed by atoms with Gasteiger partial charge in [0, 0.05) is 11.7 Å². The van der Waals surface area contributed by atoms with E-state index in [1.807, 2.05) is 0 Å². The number of carbonyl (C=O) groups excluding carboxylic acids is 2. The van der Waals surface area contributed by atoms with Crippen LogP contribution in [0, 0.1) is 0 Å². The van der Waals surface area contributed by atoms with Crippen molar-refractivity contribution in [3.8, 4) is 11.5 Å². The first-order valence-corrected chi connectivity index (χ1v) is 10.3. The van der Waals surface area contributed by atoms with Crippen molar-refractivity contribution in [2.75, 3.05) is 12.5 Å². The third kappa shape index (κ3) is 3.47. The smallest absolute Gasteiger partial charge is 0.408 e. The molecule has 0 radical (unpaired) electrons. The molecule has 1 aromatic rings. The van der Waals surface area contributed by atoms with Gasteiger partial charge in [-0.05, 0) is 38.5 Å². The van der Waals surface area contributed by atoms with Crippen LogP contribution in [0.1, 0.15) is 39.2 Å². The average Bonchev–Trinajstić information content (AvgIpc) is 3.00. The molecular weight excluding hydrogens is 374 g/mol. The Morgan fingerprint density at radius 1 is 1.33 bits per heavy atom. The van der Waals surface area contributed by atoms with Crippen LogP contribution in [-0.4, -0.2) is 49.7 Å². The molecule has 1 heterocycles. The van der Waals surface area contributed by atoms with E-state index in [1.54, 1.807) is 39.0 Å². The Labute approximate surface area is 158 Å². The lowest BCUT2D eigenvalue weighted by molar-refractivity contribution is -0.110. The molecule has 0 aromatic heterocycles. The first kappa shape index (κ1) is 19.5. The number of benzene rings is 1. The lowest BCUT2D eigenvalue weighted by Gasteiger charge is -2.22. The Morgan fingerprint density at radius 2 is 2.00 bits per heavy atom. The van der Waals surface area contributed by atoms with Crippen LogP contribution < -0.4 is 14.8 Å². The number of sulfone groups is 1. The third-order valence-electron chi connectivity index (χ3n) is 4.64. The topological polar surface area (TPSA) is 108 Å². The quantitative estimate of drug-likeness (QED) is 0.755. The van der Waals surface area contributed by atoms with Gasteiger partial charge in [0.25, 0.3) is 0 Å². The van der Waals surface area contributed by atoms with Crippen molar-refractivity contribution in [3.63, 3.8) is 0 Å². The standard InChI is InChI=1S/C18H23NO7S/c1-5-27(22,23)15-14(11-6-7-12-13(8-11)25-10-24-12)18(15,9-20)19-16(21)26-17(2,3)4/h6-9,14-15H,5,10H2,1-4H3,(H,19,21)/t14-,15+,18-/m1/s1. The summed E-state index contributed by atoms with van der Waals surface area (Å²) in [7, 11) is -3.62. The summed E-state index contributed by atoms with van der Waals surface area (Å²) >= 11 is 0. The lowest BCUT2D eigenvalue weighted by atomic mass is 10.1. The largest absolute Gasteiger partial charge is 0.454 e. The van der Waals surface area contributed by atoms with Gasteiger partial charge < -0.3 is 24.3 Å². The van der Waals surface area contributed by atoms with Crippen molar-refractivity contribution in [2.45, 2.75) is 50.0 Å². The van der Waals surface area contributed by atoms with Crippen LogP contribution in [0.5, 0.6) is 11.5 Å². The number of hydrogen-bond donors (Lipinski definition) is 1. The van der Waals surface area contributed by atoms with Gasteiger partial charge in [-0.15, -0.1) is 0 Å². The number of fused-ring (bicyclic) bond motifs is 1. The van der Waals surface area contributed by atoms with Crippen LogP contribution in [0.2, 0.25) is 0 Å². The van der Waals surface area contributed by atoms with Gasteiger partial charge in [0.1, 0.15) is 22.7 Å². The summed E-state index contributed by atoms with van der Waals surface area (Å²) in [5, 5.41) is 1.43. The molecule has 0 unspecified atom stereocenters. The number of alkyl carbamates (subject to hydrolysis) is 1. The van der Waals surface area contributed by atoms with Crippen LogP contribution in [-0.2, 0) is 19.4 Å². The van der Waals surface area contributed by atoms with E-state index in [2.05, 4.69) is 5.32 Å².